The van der Waals surface area contributed by atoms with Gasteiger partial charge in [0, 0.05) is 19.1 Å². The number of likely N-dealkylation sites (tertiary alicyclic amines) is 1. The Bertz CT molecular complexity index is 635. The Morgan fingerprint density at radius 3 is 2.75 bits per heavy atom. The standard InChI is InChI=1S/C16H18F4N2O2/c17-11-2-1-9(13(6-11)16(18,19)20)5-14-12-8-21-7-10(12)3-4-22(14)15(23)24/h1-2,6,10,12,14,21H,3-5,7-8H2,(H,23,24)/t10-,12-,14?/m1/s1. The van der Waals surface area contributed by atoms with Gasteiger partial charge in [0.05, 0.1) is 5.56 Å². The first-order chi connectivity index (χ1) is 11.3. The molecule has 2 saturated heterocycles. The lowest BCUT2D eigenvalue weighted by atomic mass is 9.79. The molecule has 2 aliphatic rings. The molecule has 0 radical (unpaired) electrons. The van der Waals surface area contributed by atoms with Gasteiger partial charge < -0.3 is 15.3 Å². The van der Waals surface area contributed by atoms with Gasteiger partial charge in [-0.15, -0.1) is 0 Å². The van der Waals surface area contributed by atoms with E-state index >= 15 is 0 Å². The van der Waals surface area contributed by atoms with Crippen LogP contribution in [-0.4, -0.2) is 41.8 Å². The minimum absolute atomic E-state index is 0.0269. The summed E-state index contributed by atoms with van der Waals surface area (Å²) in [4.78, 5) is 12.7. The maximum atomic E-state index is 13.3. The van der Waals surface area contributed by atoms with Crippen molar-refractivity contribution >= 4 is 6.09 Å². The fraction of sp³-hybridized carbons (Fsp3) is 0.562. The van der Waals surface area contributed by atoms with Gasteiger partial charge in [-0.1, -0.05) is 6.07 Å². The van der Waals surface area contributed by atoms with Crippen LogP contribution in [0.2, 0.25) is 0 Å². The molecule has 0 saturated carbocycles. The molecule has 0 aliphatic carbocycles. The number of halogens is 4. The molecule has 3 atom stereocenters. The topological polar surface area (TPSA) is 52.6 Å². The fourth-order valence-electron chi connectivity index (χ4n) is 3.94. The second-order valence-corrected chi connectivity index (χ2v) is 6.42. The smallest absolute Gasteiger partial charge is 0.416 e. The molecule has 24 heavy (non-hydrogen) atoms. The number of carbonyl (C=O) groups is 1. The highest BCUT2D eigenvalue weighted by molar-refractivity contribution is 5.65. The number of benzene rings is 1. The van der Waals surface area contributed by atoms with Crippen molar-refractivity contribution in [2.45, 2.75) is 25.1 Å². The van der Waals surface area contributed by atoms with E-state index in [0.29, 0.717) is 25.6 Å². The van der Waals surface area contributed by atoms with Crippen molar-refractivity contribution < 1.29 is 27.5 Å². The number of rotatable bonds is 2. The Morgan fingerprint density at radius 1 is 1.33 bits per heavy atom. The van der Waals surface area contributed by atoms with Crippen LogP contribution in [0, 0.1) is 17.7 Å². The zero-order chi connectivity index (χ0) is 17.5. The lowest BCUT2D eigenvalue weighted by Gasteiger charge is -2.41. The highest BCUT2D eigenvalue weighted by atomic mass is 19.4. The molecule has 1 amide bonds. The molecule has 8 heteroatoms. The van der Waals surface area contributed by atoms with Crippen LogP contribution >= 0.6 is 0 Å². The zero-order valence-electron chi connectivity index (χ0n) is 12.8. The van der Waals surface area contributed by atoms with Crippen LogP contribution in [0.3, 0.4) is 0 Å². The molecule has 2 heterocycles. The molecule has 3 rings (SSSR count). The predicted octanol–water partition coefficient (Wildman–Crippen LogP) is 2.97. The molecular weight excluding hydrogens is 328 g/mol. The van der Waals surface area contributed by atoms with E-state index in [-0.39, 0.29) is 23.8 Å². The molecule has 1 aromatic carbocycles. The maximum absolute atomic E-state index is 13.3. The highest BCUT2D eigenvalue weighted by Crippen LogP contribution is 2.37. The van der Waals surface area contributed by atoms with Gasteiger partial charge in [-0.05, 0) is 48.9 Å². The number of hydrogen-bond acceptors (Lipinski definition) is 2. The second-order valence-electron chi connectivity index (χ2n) is 6.42. The first-order valence-electron chi connectivity index (χ1n) is 7.83. The normalized spacial score (nSPS) is 27.2. The van der Waals surface area contributed by atoms with Crippen LogP contribution < -0.4 is 5.32 Å². The molecule has 1 unspecified atom stereocenters. The Kier molecular flexibility index (Phi) is 4.42. The number of amides is 1. The van der Waals surface area contributed by atoms with E-state index in [1.165, 1.54) is 4.90 Å². The minimum atomic E-state index is -4.67. The molecule has 2 aliphatic heterocycles. The maximum Gasteiger partial charge on any atom is 0.416 e. The molecule has 1 aromatic rings. The number of hydrogen-bond donors (Lipinski definition) is 2. The lowest BCUT2D eigenvalue weighted by Crippen LogP contribution is -2.52. The summed E-state index contributed by atoms with van der Waals surface area (Å²) in [6.45, 7) is 1.65. The van der Waals surface area contributed by atoms with E-state index in [0.717, 1.165) is 18.7 Å². The van der Waals surface area contributed by atoms with E-state index in [1.54, 1.807) is 0 Å². The van der Waals surface area contributed by atoms with Crippen molar-refractivity contribution in [1.82, 2.24) is 10.2 Å². The van der Waals surface area contributed by atoms with Gasteiger partial charge in [0.25, 0.3) is 0 Å². The molecule has 132 valence electrons. The van der Waals surface area contributed by atoms with Gasteiger partial charge in [0.2, 0.25) is 0 Å². The summed E-state index contributed by atoms with van der Waals surface area (Å²) in [5, 5.41) is 12.6. The molecular formula is C16H18F4N2O2. The second kappa shape index (κ2) is 6.23. The Hall–Kier alpha value is -1.83. The summed E-state index contributed by atoms with van der Waals surface area (Å²) in [5.74, 6) is -0.716. The third-order valence-corrected chi connectivity index (χ3v) is 5.08. The Labute approximate surface area is 136 Å². The van der Waals surface area contributed by atoms with Gasteiger partial charge in [0.15, 0.2) is 0 Å². The zero-order valence-corrected chi connectivity index (χ0v) is 12.8. The van der Waals surface area contributed by atoms with Crippen molar-refractivity contribution in [3.05, 3.63) is 35.1 Å². The lowest BCUT2D eigenvalue weighted by molar-refractivity contribution is -0.138. The van der Waals surface area contributed by atoms with Crippen LogP contribution in [-0.2, 0) is 12.6 Å². The Balaban J connectivity index is 1.94. The molecule has 0 aromatic heterocycles. The highest BCUT2D eigenvalue weighted by Gasteiger charge is 2.43. The average molecular weight is 346 g/mol. The van der Waals surface area contributed by atoms with E-state index < -0.39 is 29.7 Å². The molecule has 0 spiro atoms. The van der Waals surface area contributed by atoms with Crippen LogP contribution in [0.4, 0.5) is 22.4 Å². The van der Waals surface area contributed by atoms with E-state index in [9.17, 15) is 27.5 Å². The number of piperidine rings is 1. The summed E-state index contributed by atoms with van der Waals surface area (Å²) in [5.41, 5.74) is -1.09. The van der Waals surface area contributed by atoms with E-state index in [2.05, 4.69) is 5.32 Å². The van der Waals surface area contributed by atoms with Crippen molar-refractivity contribution in [3.63, 3.8) is 0 Å². The van der Waals surface area contributed by atoms with E-state index in [4.69, 9.17) is 0 Å². The van der Waals surface area contributed by atoms with Gasteiger partial charge >= 0.3 is 12.3 Å². The number of alkyl halides is 3. The third-order valence-electron chi connectivity index (χ3n) is 5.08. The molecule has 2 N–H and O–H groups in total. The minimum Gasteiger partial charge on any atom is -0.465 e. The fourth-order valence-corrected chi connectivity index (χ4v) is 3.94. The van der Waals surface area contributed by atoms with Crippen LogP contribution in [0.15, 0.2) is 18.2 Å². The average Bonchev–Trinajstić information content (AvgIpc) is 2.96. The van der Waals surface area contributed by atoms with Crippen molar-refractivity contribution in [2.75, 3.05) is 19.6 Å². The van der Waals surface area contributed by atoms with Crippen molar-refractivity contribution in [1.29, 1.82) is 0 Å². The number of fused-ring (bicyclic) bond motifs is 1. The van der Waals surface area contributed by atoms with Crippen LogP contribution in [0.5, 0.6) is 0 Å². The number of nitrogens with zero attached hydrogens (tertiary/aromatic N) is 1. The summed E-state index contributed by atoms with van der Waals surface area (Å²) in [7, 11) is 0. The summed E-state index contributed by atoms with van der Waals surface area (Å²) >= 11 is 0. The van der Waals surface area contributed by atoms with Crippen molar-refractivity contribution in [3.8, 4) is 0 Å². The van der Waals surface area contributed by atoms with Crippen LogP contribution in [0.25, 0.3) is 0 Å². The predicted molar refractivity (Wildman–Crippen MR) is 78.1 cm³/mol. The molecule has 0 bridgehead atoms. The van der Waals surface area contributed by atoms with E-state index in [1.807, 2.05) is 0 Å². The Morgan fingerprint density at radius 2 is 2.08 bits per heavy atom. The number of carboxylic acid groups (broad SMARTS) is 1. The summed E-state index contributed by atoms with van der Waals surface area (Å²) < 4.78 is 52.9. The quantitative estimate of drug-likeness (QED) is 0.810. The van der Waals surface area contributed by atoms with Crippen molar-refractivity contribution in [2.24, 2.45) is 11.8 Å². The third kappa shape index (κ3) is 3.19. The summed E-state index contributed by atoms with van der Waals surface area (Å²) in [6, 6.07) is 2.04. The first-order valence-corrected chi connectivity index (χ1v) is 7.83. The SMILES string of the molecule is O=C(O)N1CC[C@@H]2CNC[C@H]2C1Cc1ccc(F)cc1C(F)(F)F. The first kappa shape index (κ1) is 17.0. The van der Waals surface area contributed by atoms with Gasteiger partial charge in [-0.2, -0.15) is 13.2 Å². The monoisotopic (exact) mass is 346 g/mol. The molecule has 2 fully saturated rings. The van der Waals surface area contributed by atoms with Gasteiger partial charge in [-0.25, -0.2) is 9.18 Å². The van der Waals surface area contributed by atoms with Gasteiger partial charge in [-0.3, -0.25) is 0 Å². The molecule has 4 nitrogen and oxygen atoms in total. The largest absolute Gasteiger partial charge is 0.465 e. The van der Waals surface area contributed by atoms with Gasteiger partial charge in [0.1, 0.15) is 5.82 Å². The summed E-state index contributed by atoms with van der Waals surface area (Å²) in [6.07, 6.45) is -5.16. The van der Waals surface area contributed by atoms with Crippen LogP contribution in [0.1, 0.15) is 17.5 Å². The number of nitrogens with one attached hydrogen (secondary N) is 1.